The number of nitrogens with one attached hydrogen (secondary N) is 2. The van der Waals surface area contributed by atoms with Crippen LogP contribution in [0.25, 0.3) is 11.1 Å². The first-order valence-electron chi connectivity index (χ1n) is 16.5. The molecule has 2 heterocycles. The summed E-state index contributed by atoms with van der Waals surface area (Å²) in [4.78, 5) is 54.3. The smallest absolute Gasteiger partial charge is 0.407 e. The highest BCUT2D eigenvalue weighted by atomic mass is 16.5. The third-order valence-electron chi connectivity index (χ3n) is 9.35. The van der Waals surface area contributed by atoms with Crippen molar-refractivity contribution in [3.63, 3.8) is 0 Å². The second-order valence-corrected chi connectivity index (χ2v) is 12.6. The summed E-state index contributed by atoms with van der Waals surface area (Å²) in [6.07, 6.45) is 6.89. The van der Waals surface area contributed by atoms with E-state index in [2.05, 4.69) is 29.3 Å². The Morgan fingerprint density at radius 3 is 2.61 bits per heavy atom. The standard InChI is InChI=1S/C36H45N3O7/c1-3-5-16-29-33(41)39-23-28(21-30(39)32(40)38-36(34(42)43)22-27(36)4-2)46-31-20-26(24-13-10-8-11-14-24)18-17-25(31)15-9-6-7-12-19-45-35(44)37-29/h4,8,10-11,13-14,17-18,20,27-30H,2-3,5-7,9,12,15-16,19,21-23H2,1H3,(H,37,44)(H,38,40)(H,42,43)/t27-,28-,29+,30+,36-/m1/s1. The van der Waals surface area contributed by atoms with Crippen LogP contribution < -0.4 is 15.4 Å². The fourth-order valence-electron chi connectivity index (χ4n) is 6.54. The largest absolute Gasteiger partial charge is 0.488 e. The molecule has 0 spiro atoms. The average molecular weight is 632 g/mol. The number of hydrogen-bond donors (Lipinski definition) is 3. The molecule has 2 aromatic rings. The predicted octanol–water partition coefficient (Wildman–Crippen LogP) is 5.25. The summed E-state index contributed by atoms with van der Waals surface area (Å²) >= 11 is 0. The lowest BCUT2D eigenvalue weighted by Crippen LogP contribution is -2.56. The minimum absolute atomic E-state index is 0.107. The van der Waals surface area contributed by atoms with Gasteiger partial charge in [0.15, 0.2) is 0 Å². The molecule has 2 fully saturated rings. The summed E-state index contributed by atoms with van der Waals surface area (Å²) in [6.45, 7) is 6.07. The fraction of sp³-hybridized carbons (Fsp3) is 0.500. The SMILES string of the molecule is C=C[C@@H]1C[C@]1(NC(=O)[C@@H]1C[C@@H]2CN1C(=O)[C@H](CCCC)NC(=O)OCCCCCCc1ccc(-c3ccccc3)cc1O2)C(=O)O. The van der Waals surface area contributed by atoms with E-state index in [0.29, 0.717) is 25.0 Å². The number of alkyl carbamates (subject to hydrolysis) is 1. The minimum Gasteiger partial charge on any atom is -0.488 e. The molecule has 3 amide bonds. The zero-order chi connectivity index (χ0) is 32.7. The number of hydrogen-bond acceptors (Lipinski definition) is 6. The molecule has 246 valence electrons. The number of ether oxygens (including phenoxy) is 2. The Bertz CT molecular complexity index is 1430. The van der Waals surface area contributed by atoms with Crippen molar-refractivity contribution in [1.82, 2.24) is 15.5 Å². The van der Waals surface area contributed by atoms with Crippen LogP contribution in [0, 0.1) is 5.92 Å². The van der Waals surface area contributed by atoms with Crippen molar-refractivity contribution in [3.05, 3.63) is 66.7 Å². The van der Waals surface area contributed by atoms with Gasteiger partial charge in [-0.25, -0.2) is 9.59 Å². The van der Waals surface area contributed by atoms with Crippen LogP contribution >= 0.6 is 0 Å². The maximum atomic E-state index is 14.1. The Kier molecular flexibility index (Phi) is 10.7. The van der Waals surface area contributed by atoms with Crippen LogP contribution in [0.4, 0.5) is 4.79 Å². The molecule has 0 aromatic heterocycles. The number of amides is 3. The van der Waals surface area contributed by atoms with Crippen molar-refractivity contribution in [2.75, 3.05) is 13.2 Å². The molecule has 1 saturated heterocycles. The Labute approximate surface area is 270 Å². The molecule has 10 heteroatoms. The van der Waals surface area contributed by atoms with Gasteiger partial charge in [-0.15, -0.1) is 6.58 Å². The van der Waals surface area contributed by atoms with E-state index >= 15 is 0 Å². The van der Waals surface area contributed by atoms with Crippen molar-refractivity contribution in [2.24, 2.45) is 5.92 Å². The van der Waals surface area contributed by atoms with Gasteiger partial charge in [0.2, 0.25) is 11.8 Å². The third-order valence-corrected chi connectivity index (χ3v) is 9.35. The monoisotopic (exact) mass is 631 g/mol. The number of carboxylic acids is 1. The molecule has 46 heavy (non-hydrogen) atoms. The summed E-state index contributed by atoms with van der Waals surface area (Å²) in [5, 5.41) is 15.4. The Morgan fingerprint density at radius 2 is 1.89 bits per heavy atom. The maximum absolute atomic E-state index is 14.1. The van der Waals surface area contributed by atoms with E-state index in [1.54, 1.807) is 0 Å². The summed E-state index contributed by atoms with van der Waals surface area (Å²) in [5.74, 6) is -1.81. The van der Waals surface area contributed by atoms with Gasteiger partial charge in [0.25, 0.3) is 0 Å². The molecular weight excluding hydrogens is 586 g/mol. The van der Waals surface area contributed by atoms with Crippen LogP contribution in [0.3, 0.4) is 0 Å². The molecule has 3 aliphatic rings. The van der Waals surface area contributed by atoms with Crippen LogP contribution in [-0.2, 0) is 25.5 Å². The number of cyclic esters (lactones) is 1. The summed E-state index contributed by atoms with van der Waals surface area (Å²) in [7, 11) is 0. The van der Waals surface area contributed by atoms with Gasteiger partial charge in [-0.2, -0.15) is 0 Å². The third kappa shape index (κ3) is 7.54. The lowest BCUT2D eigenvalue weighted by Gasteiger charge is -2.29. The lowest BCUT2D eigenvalue weighted by atomic mass is 9.99. The van der Waals surface area contributed by atoms with E-state index in [1.807, 2.05) is 43.3 Å². The summed E-state index contributed by atoms with van der Waals surface area (Å²) < 4.78 is 12.1. The Hall–Kier alpha value is -4.34. The van der Waals surface area contributed by atoms with Gasteiger partial charge in [-0.3, -0.25) is 9.59 Å². The quantitative estimate of drug-likeness (QED) is 0.339. The highest BCUT2D eigenvalue weighted by molar-refractivity contribution is 5.96. The van der Waals surface area contributed by atoms with Crippen LogP contribution in [-0.4, -0.2) is 70.8 Å². The molecule has 10 nitrogen and oxygen atoms in total. The highest BCUT2D eigenvalue weighted by Crippen LogP contribution is 2.45. The molecule has 3 N–H and O–H groups in total. The zero-order valence-corrected chi connectivity index (χ0v) is 26.5. The van der Waals surface area contributed by atoms with Crippen LogP contribution in [0.5, 0.6) is 5.75 Å². The number of aryl methyl sites for hydroxylation is 1. The van der Waals surface area contributed by atoms with Gasteiger partial charge in [0.1, 0.15) is 29.5 Å². The van der Waals surface area contributed by atoms with Gasteiger partial charge >= 0.3 is 12.1 Å². The van der Waals surface area contributed by atoms with Gasteiger partial charge in [-0.1, -0.05) is 81.1 Å². The van der Waals surface area contributed by atoms with E-state index in [9.17, 15) is 24.3 Å². The number of benzene rings is 2. The zero-order valence-electron chi connectivity index (χ0n) is 26.5. The molecule has 5 atom stereocenters. The molecule has 0 unspecified atom stereocenters. The van der Waals surface area contributed by atoms with Gasteiger partial charge in [0.05, 0.1) is 13.2 Å². The van der Waals surface area contributed by atoms with Crippen molar-refractivity contribution in [2.45, 2.75) is 94.9 Å². The summed E-state index contributed by atoms with van der Waals surface area (Å²) in [5.41, 5.74) is 1.64. The number of nitrogens with zero attached hydrogens (tertiary/aromatic N) is 1. The van der Waals surface area contributed by atoms with Crippen molar-refractivity contribution >= 4 is 23.9 Å². The first-order valence-corrected chi connectivity index (χ1v) is 16.5. The van der Waals surface area contributed by atoms with Gasteiger partial charge in [0, 0.05) is 12.3 Å². The van der Waals surface area contributed by atoms with Crippen LogP contribution in [0.1, 0.15) is 70.3 Å². The summed E-state index contributed by atoms with van der Waals surface area (Å²) in [6, 6.07) is 14.3. The van der Waals surface area contributed by atoms with Crippen LogP contribution in [0.15, 0.2) is 61.2 Å². The minimum atomic E-state index is -1.44. The molecular formula is C36H45N3O7. The van der Waals surface area contributed by atoms with E-state index in [-0.39, 0.29) is 26.0 Å². The molecule has 2 aliphatic heterocycles. The Balaban J connectivity index is 1.47. The maximum Gasteiger partial charge on any atom is 0.407 e. The molecule has 1 aliphatic carbocycles. The number of carboxylic acid groups (broad SMARTS) is 1. The molecule has 2 bridgehead atoms. The van der Waals surface area contributed by atoms with Crippen LogP contribution in [0.2, 0.25) is 0 Å². The molecule has 5 rings (SSSR count). The van der Waals surface area contributed by atoms with E-state index in [1.165, 1.54) is 11.0 Å². The van der Waals surface area contributed by atoms with Crippen molar-refractivity contribution < 1.29 is 33.8 Å². The van der Waals surface area contributed by atoms with E-state index in [0.717, 1.165) is 48.8 Å². The average Bonchev–Trinajstić information content (AvgIpc) is 3.62. The number of rotatable bonds is 8. The lowest BCUT2D eigenvalue weighted by molar-refractivity contribution is -0.145. The number of carbonyl (C=O) groups is 4. The second kappa shape index (κ2) is 14.8. The number of unbranched alkanes of at least 4 members (excludes halogenated alkanes) is 1. The number of carbonyl (C=O) groups excluding carboxylic acids is 3. The molecule has 2 aromatic carbocycles. The van der Waals surface area contributed by atoms with Gasteiger partial charge in [-0.05, 0) is 54.9 Å². The van der Waals surface area contributed by atoms with E-state index < -0.39 is 53.5 Å². The topological polar surface area (TPSA) is 134 Å². The fourth-order valence-corrected chi connectivity index (χ4v) is 6.54. The normalized spacial score (nSPS) is 26.8. The molecule has 0 radical (unpaired) electrons. The van der Waals surface area contributed by atoms with Gasteiger partial charge < -0.3 is 30.1 Å². The van der Waals surface area contributed by atoms with E-state index in [4.69, 9.17) is 9.47 Å². The second-order valence-electron chi connectivity index (χ2n) is 12.6. The predicted molar refractivity (Wildman–Crippen MR) is 173 cm³/mol. The van der Waals surface area contributed by atoms with Crippen molar-refractivity contribution in [1.29, 1.82) is 0 Å². The van der Waals surface area contributed by atoms with Crippen molar-refractivity contribution in [3.8, 4) is 16.9 Å². The molecule has 1 saturated carbocycles. The number of fused-ring (bicyclic) bond motifs is 3. The highest BCUT2D eigenvalue weighted by Gasteiger charge is 2.61. The Morgan fingerprint density at radius 1 is 1.11 bits per heavy atom. The first-order chi connectivity index (χ1) is 22.3. The number of aliphatic carboxylic acids is 1. The first kappa shape index (κ1) is 33.0.